The van der Waals surface area contributed by atoms with Crippen molar-refractivity contribution in [3.05, 3.63) is 23.9 Å². The van der Waals surface area contributed by atoms with E-state index >= 15 is 0 Å². The van der Waals surface area contributed by atoms with Crippen molar-refractivity contribution in [3.63, 3.8) is 0 Å². The molecule has 3 heteroatoms. The molecule has 0 spiro atoms. The van der Waals surface area contributed by atoms with Gasteiger partial charge in [0.05, 0.1) is 11.6 Å². The van der Waals surface area contributed by atoms with Crippen molar-refractivity contribution in [2.24, 2.45) is 0 Å². The Balaban J connectivity index is 2.15. The molecule has 0 atom stereocenters. The molecule has 1 fully saturated rings. The second kappa shape index (κ2) is 2.82. The molecular weight excluding hydrogens is 152 g/mol. The monoisotopic (exact) mass is 160 g/mol. The smallest absolute Gasteiger partial charge is 0.214 e. The Labute approximate surface area is 70.6 Å². The molecule has 1 saturated carbocycles. The minimum Gasteiger partial charge on any atom is -0.474 e. The highest BCUT2D eigenvalue weighted by molar-refractivity contribution is 5.31. The van der Waals surface area contributed by atoms with Gasteiger partial charge in [-0.2, -0.15) is 5.26 Å². The van der Waals surface area contributed by atoms with Crippen molar-refractivity contribution in [2.75, 3.05) is 0 Å². The molecule has 0 saturated heterocycles. The Morgan fingerprint density at radius 1 is 1.58 bits per heavy atom. The number of ether oxygens (including phenoxy) is 1. The molecule has 0 amide bonds. The maximum absolute atomic E-state index is 8.58. The SMILES string of the molecule is N#Cc1ccnc(OC2CC2)c1. The number of aromatic nitrogens is 1. The Bertz CT molecular complexity index is 326. The van der Waals surface area contributed by atoms with Crippen LogP contribution in [-0.2, 0) is 0 Å². The summed E-state index contributed by atoms with van der Waals surface area (Å²) in [5.41, 5.74) is 0.598. The van der Waals surface area contributed by atoms with Crippen molar-refractivity contribution in [3.8, 4) is 11.9 Å². The van der Waals surface area contributed by atoms with Crippen LogP contribution in [0, 0.1) is 11.3 Å². The molecule has 1 aromatic rings. The Morgan fingerprint density at radius 2 is 2.42 bits per heavy atom. The maximum atomic E-state index is 8.58. The molecule has 0 radical (unpaired) electrons. The van der Waals surface area contributed by atoms with E-state index in [9.17, 15) is 0 Å². The Morgan fingerprint density at radius 3 is 3.08 bits per heavy atom. The predicted octanol–water partition coefficient (Wildman–Crippen LogP) is 1.49. The third kappa shape index (κ3) is 1.54. The quantitative estimate of drug-likeness (QED) is 0.658. The summed E-state index contributed by atoms with van der Waals surface area (Å²) in [6.45, 7) is 0. The van der Waals surface area contributed by atoms with Crippen molar-refractivity contribution in [2.45, 2.75) is 18.9 Å². The van der Waals surface area contributed by atoms with Crippen LogP contribution in [0.3, 0.4) is 0 Å². The van der Waals surface area contributed by atoms with E-state index in [1.54, 1.807) is 18.3 Å². The first kappa shape index (κ1) is 7.11. The van der Waals surface area contributed by atoms with E-state index in [-0.39, 0.29) is 0 Å². The van der Waals surface area contributed by atoms with Crippen LogP contribution in [0.2, 0.25) is 0 Å². The Hall–Kier alpha value is -1.56. The summed E-state index contributed by atoms with van der Waals surface area (Å²) in [5.74, 6) is 0.566. The van der Waals surface area contributed by atoms with E-state index in [1.807, 2.05) is 6.07 Å². The van der Waals surface area contributed by atoms with E-state index in [1.165, 1.54) is 0 Å². The number of hydrogen-bond acceptors (Lipinski definition) is 3. The summed E-state index contributed by atoms with van der Waals surface area (Å²) in [7, 11) is 0. The molecule has 1 aliphatic carbocycles. The summed E-state index contributed by atoms with van der Waals surface area (Å²) >= 11 is 0. The number of hydrogen-bond donors (Lipinski definition) is 0. The molecule has 60 valence electrons. The normalized spacial score (nSPS) is 15.2. The topological polar surface area (TPSA) is 45.9 Å². The zero-order chi connectivity index (χ0) is 8.39. The number of nitrogens with zero attached hydrogens (tertiary/aromatic N) is 2. The van der Waals surface area contributed by atoms with E-state index in [0.29, 0.717) is 17.5 Å². The summed E-state index contributed by atoms with van der Waals surface area (Å²) in [5, 5.41) is 8.58. The van der Waals surface area contributed by atoms with E-state index in [2.05, 4.69) is 4.98 Å². The third-order valence-corrected chi connectivity index (χ3v) is 1.68. The first-order valence-electron chi connectivity index (χ1n) is 3.91. The molecule has 2 rings (SSSR count). The van der Waals surface area contributed by atoms with Crippen molar-refractivity contribution in [1.29, 1.82) is 5.26 Å². The molecule has 1 aromatic heterocycles. The lowest BCUT2D eigenvalue weighted by Crippen LogP contribution is -1.97. The second-order valence-corrected chi connectivity index (χ2v) is 2.81. The molecule has 0 unspecified atom stereocenters. The number of rotatable bonds is 2. The zero-order valence-electron chi connectivity index (χ0n) is 6.53. The first-order valence-corrected chi connectivity index (χ1v) is 3.91. The molecule has 0 aromatic carbocycles. The first-order chi connectivity index (χ1) is 5.88. The van der Waals surface area contributed by atoms with Crippen LogP contribution in [0.15, 0.2) is 18.3 Å². The molecule has 12 heavy (non-hydrogen) atoms. The van der Waals surface area contributed by atoms with Gasteiger partial charge in [-0.15, -0.1) is 0 Å². The van der Waals surface area contributed by atoms with Crippen molar-refractivity contribution < 1.29 is 4.74 Å². The van der Waals surface area contributed by atoms with Crippen LogP contribution < -0.4 is 4.74 Å². The van der Waals surface area contributed by atoms with Gasteiger partial charge in [0.15, 0.2) is 0 Å². The average molecular weight is 160 g/mol. The second-order valence-electron chi connectivity index (χ2n) is 2.81. The number of pyridine rings is 1. The molecular formula is C9H8N2O. The van der Waals surface area contributed by atoms with Crippen molar-refractivity contribution >= 4 is 0 Å². The fraction of sp³-hybridized carbons (Fsp3) is 0.333. The van der Waals surface area contributed by atoms with Crippen LogP contribution in [0.25, 0.3) is 0 Å². The van der Waals surface area contributed by atoms with E-state index in [0.717, 1.165) is 12.8 Å². The molecule has 0 N–H and O–H groups in total. The molecule has 1 heterocycles. The fourth-order valence-corrected chi connectivity index (χ4v) is 0.900. The Kier molecular flexibility index (Phi) is 1.67. The largest absolute Gasteiger partial charge is 0.474 e. The maximum Gasteiger partial charge on any atom is 0.214 e. The highest BCUT2D eigenvalue weighted by Gasteiger charge is 2.23. The van der Waals surface area contributed by atoms with Gasteiger partial charge in [-0.3, -0.25) is 0 Å². The highest BCUT2D eigenvalue weighted by Crippen LogP contribution is 2.25. The van der Waals surface area contributed by atoms with Gasteiger partial charge in [0, 0.05) is 12.3 Å². The lowest BCUT2D eigenvalue weighted by atomic mass is 10.3. The van der Waals surface area contributed by atoms with Crippen LogP contribution in [0.1, 0.15) is 18.4 Å². The van der Waals surface area contributed by atoms with Crippen LogP contribution in [0.4, 0.5) is 0 Å². The number of nitriles is 1. The lowest BCUT2D eigenvalue weighted by Gasteiger charge is -2.01. The van der Waals surface area contributed by atoms with Gasteiger partial charge in [-0.05, 0) is 18.9 Å². The van der Waals surface area contributed by atoms with Gasteiger partial charge in [0.25, 0.3) is 0 Å². The average Bonchev–Trinajstić information content (AvgIpc) is 2.89. The van der Waals surface area contributed by atoms with E-state index < -0.39 is 0 Å². The predicted molar refractivity (Wildman–Crippen MR) is 42.6 cm³/mol. The van der Waals surface area contributed by atoms with Gasteiger partial charge in [0.2, 0.25) is 5.88 Å². The highest BCUT2D eigenvalue weighted by atomic mass is 16.5. The third-order valence-electron chi connectivity index (χ3n) is 1.68. The van der Waals surface area contributed by atoms with E-state index in [4.69, 9.17) is 10.00 Å². The molecule has 0 bridgehead atoms. The van der Waals surface area contributed by atoms with Crippen LogP contribution in [-0.4, -0.2) is 11.1 Å². The minimum atomic E-state index is 0.339. The standard InChI is InChI=1S/C9H8N2O/c10-6-7-3-4-11-9(5-7)12-8-1-2-8/h3-5,8H,1-2H2. The van der Waals surface area contributed by atoms with Gasteiger partial charge < -0.3 is 4.74 Å². The zero-order valence-corrected chi connectivity index (χ0v) is 6.53. The van der Waals surface area contributed by atoms with Crippen LogP contribution in [0.5, 0.6) is 5.88 Å². The molecule has 1 aliphatic rings. The van der Waals surface area contributed by atoms with Crippen molar-refractivity contribution in [1.82, 2.24) is 4.98 Å². The van der Waals surface area contributed by atoms with Gasteiger partial charge >= 0.3 is 0 Å². The minimum absolute atomic E-state index is 0.339. The molecule has 3 nitrogen and oxygen atoms in total. The molecule has 0 aliphatic heterocycles. The van der Waals surface area contributed by atoms with Gasteiger partial charge in [0.1, 0.15) is 6.10 Å². The summed E-state index contributed by atoms with van der Waals surface area (Å²) in [6.07, 6.45) is 4.15. The lowest BCUT2D eigenvalue weighted by molar-refractivity contribution is 0.291. The van der Waals surface area contributed by atoms with Crippen LogP contribution >= 0.6 is 0 Å². The van der Waals surface area contributed by atoms with Gasteiger partial charge in [-0.25, -0.2) is 4.98 Å². The summed E-state index contributed by atoms with van der Waals surface area (Å²) in [4.78, 5) is 3.99. The summed E-state index contributed by atoms with van der Waals surface area (Å²) in [6, 6.07) is 5.37. The summed E-state index contributed by atoms with van der Waals surface area (Å²) < 4.78 is 5.41. The van der Waals surface area contributed by atoms with Gasteiger partial charge in [-0.1, -0.05) is 0 Å². The fourth-order valence-electron chi connectivity index (χ4n) is 0.900.